The van der Waals surface area contributed by atoms with Crippen molar-refractivity contribution in [3.63, 3.8) is 0 Å². The van der Waals surface area contributed by atoms with Gasteiger partial charge in [0.1, 0.15) is 16.7 Å². The van der Waals surface area contributed by atoms with Gasteiger partial charge in [-0.1, -0.05) is 0 Å². The van der Waals surface area contributed by atoms with Gasteiger partial charge in [-0.2, -0.15) is 5.10 Å². The maximum Gasteiger partial charge on any atom is 0.254 e. The monoisotopic (exact) mass is 379 g/mol. The Morgan fingerprint density at radius 2 is 2.04 bits per heavy atom. The molecule has 26 heavy (non-hydrogen) atoms. The van der Waals surface area contributed by atoms with Crippen molar-refractivity contribution in [3.8, 4) is 0 Å². The van der Waals surface area contributed by atoms with E-state index >= 15 is 0 Å². The lowest BCUT2D eigenvalue weighted by molar-refractivity contribution is -0.121. The predicted molar refractivity (Wildman–Crippen MR) is 90.8 cm³/mol. The summed E-state index contributed by atoms with van der Waals surface area (Å²) in [5.74, 6) is -0.777. The highest BCUT2D eigenvalue weighted by atomic mass is 32.2. The minimum atomic E-state index is -3.36. The molecule has 138 valence electrons. The molecule has 0 radical (unpaired) electrons. The van der Waals surface area contributed by atoms with Crippen LogP contribution in [0.3, 0.4) is 0 Å². The van der Waals surface area contributed by atoms with Crippen LogP contribution >= 0.6 is 0 Å². The molecule has 2 aliphatic heterocycles. The molecule has 1 atom stereocenters. The summed E-state index contributed by atoms with van der Waals surface area (Å²) in [5, 5.41) is 3.39. The third kappa shape index (κ3) is 3.12. The molecule has 0 saturated carbocycles. The number of carbonyl (C=O) groups is 1. The van der Waals surface area contributed by atoms with E-state index in [1.165, 1.54) is 29.2 Å². The van der Waals surface area contributed by atoms with Crippen LogP contribution in [0.15, 0.2) is 42.7 Å². The number of carbonyl (C=O) groups excluding carboxylic acids is 1. The standard InChI is InChI=1S/C17H18FN3O4S/c18-14-4-2-13(3-5-14)16(22)20-10-17(11-20)12-26(23,24)15(9-25-17)8-21-7-1-6-19-21/h1-7,15H,8-12H2/t15-/m0/s1. The molecule has 2 aromatic rings. The Labute approximate surface area is 150 Å². The zero-order valence-corrected chi connectivity index (χ0v) is 14.7. The van der Waals surface area contributed by atoms with Gasteiger partial charge < -0.3 is 9.64 Å². The normalized spacial score (nSPS) is 23.6. The van der Waals surface area contributed by atoms with Crippen LogP contribution in [-0.4, -0.2) is 65.3 Å². The van der Waals surface area contributed by atoms with Gasteiger partial charge in [0.2, 0.25) is 0 Å². The molecule has 2 fully saturated rings. The van der Waals surface area contributed by atoms with Gasteiger partial charge in [-0.3, -0.25) is 9.48 Å². The quantitative estimate of drug-likeness (QED) is 0.785. The van der Waals surface area contributed by atoms with Crippen LogP contribution in [0.4, 0.5) is 4.39 Å². The van der Waals surface area contributed by atoms with Crippen LogP contribution in [0.1, 0.15) is 10.4 Å². The number of halogens is 1. The molecule has 2 saturated heterocycles. The summed E-state index contributed by atoms with van der Waals surface area (Å²) in [4.78, 5) is 13.9. The second kappa shape index (κ2) is 6.17. The third-order valence-electron chi connectivity index (χ3n) is 4.83. The molecule has 1 aromatic carbocycles. The van der Waals surface area contributed by atoms with Gasteiger partial charge in [0, 0.05) is 18.0 Å². The number of benzene rings is 1. The van der Waals surface area contributed by atoms with Crippen LogP contribution in [-0.2, 0) is 21.1 Å². The number of aromatic nitrogens is 2. The van der Waals surface area contributed by atoms with Crippen LogP contribution in [0.5, 0.6) is 0 Å². The van der Waals surface area contributed by atoms with Crippen molar-refractivity contribution in [1.29, 1.82) is 0 Å². The average molecular weight is 379 g/mol. The van der Waals surface area contributed by atoms with E-state index < -0.39 is 26.5 Å². The summed E-state index contributed by atoms with van der Waals surface area (Å²) in [6.45, 7) is 0.776. The fourth-order valence-corrected chi connectivity index (χ4v) is 5.32. The van der Waals surface area contributed by atoms with Gasteiger partial charge in [0.25, 0.3) is 5.91 Å². The molecule has 0 bridgehead atoms. The summed E-state index contributed by atoms with van der Waals surface area (Å²) < 4.78 is 45.7. The Kier molecular flexibility index (Phi) is 4.07. The molecule has 3 heterocycles. The van der Waals surface area contributed by atoms with Crippen molar-refractivity contribution in [2.45, 2.75) is 17.4 Å². The van der Waals surface area contributed by atoms with Crippen LogP contribution in [0.2, 0.25) is 0 Å². The highest BCUT2D eigenvalue weighted by Gasteiger charge is 2.53. The van der Waals surface area contributed by atoms with E-state index in [0.29, 0.717) is 5.56 Å². The van der Waals surface area contributed by atoms with Gasteiger partial charge in [0.05, 0.1) is 32.0 Å². The maximum atomic E-state index is 13.0. The molecule has 1 aromatic heterocycles. The smallest absolute Gasteiger partial charge is 0.254 e. The maximum absolute atomic E-state index is 13.0. The van der Waals surface area contributed by atoms with E-state index in [1.54, 1.807) is 23.1 Å². The molecule has 2 aliphatic rings. The van der Waals surface area contributed by atoms with Crippen molar-refractivity contribution in [1.82, 2.24) is 14.7 Å². The summed E-state index contributed by atoms with van der Waals surface area (Å²) >= 11 is 0. The summed E-state index contributed by atoms with van der Waals surface area (Å²) in [7, 11) is -3.36. The summed E-state index contributed by atoms with van der Waals surface area (Å²) in [6.07, 6.45) is 3.31. The molecule has 0 N–H and O–H groups in total. The lowest BCUT2D eigenvalue weighted by Gasteiger charge is -2.52. The Balaban J connectivity index is 1.40. The lowest BCUT2D eigenvalue weighted by Crippen LogP contribution is -2.70. The van der Waals surface area contributed by atoms with Crippen LogP contribution < -0.4 is 0 Å². The van der Waals surface area contributed by atoms with Crippen molar-refractivity contribution in [2.75, 3.05) is 25.4 Å². The average Bonchev–Trinajstić information content (AvgIpc) is 3.07. The van der Waals surface area contributed by atoms with E-state index in [9.17, 15) is 17.6 Å². The summed E-state index contributed by atoms with van der Waals surface area (Å²) in [6, 6.07) is 7.03. The van der Waals surface area contributed by atoms with Crippen molar-refractivity contribution in [3.05, 3.63) is 54.1 Å². The number of amides is 1. The van der Waals surface area contributed by atoms with Crippen molar-refractivity contribution >= 4 is 15.7 Å². The molecule has 1 amide bonds. The molecule has 7 nitrogen and oxygen atoms in total. The Bertz CT molecular complexity index is 906. The largest absolute Gasteiger partial charge is 0.369 e. The number of hydrogen-bond donors (Lipinski definition) is 0. The minimum absolute atomic E-state index is 0.0841. The summed E-state index contributed by atoms with van der Waals surface area (Å²) in [5.41, 5.74) is -0.466. The molecule has 0 unspecified atom stereocenters. The molecular weight excluding hydrogens is 361 g/mol. The van der Waals surface area contributed by atoms with Gasteiger partial charge in [0.15, 0.2) is 9.84 Å². The first kappa shape index (κ1) is 17.2. The van der Waals surface area contributed by atoms with Crippen LogP contribution in [0, 0.1) is 5.82 Å². The van der Waals surface area contributed by atoms with E-state index in [4.69, 9.17) is 4.74 Å². The van der Waals surface area contributed by atoms with Crippen LogP contribution in [0.25, 0.3) is 0 Å². The first-order valence-corrected chi connectivity index (χ1v) is 9.96. The van der Waals surface area contributed by atoms with E-state index in [-0.39, 0.29) is 37.9 Å². The SMILES string of the molecule is O=C(c1ccc(F)cc1)N1CC2(C1)CS(=O)(=O)[C@@H](Cn1cccn1)CO2. The van der Waals surface area contributed by atoms with Gasteiger partial charge in [-0.25, -0.2) is 12.8 Å². The van der Waals surface area contributed by atoms with E-state index in [0.717, 1.165) is 0 Å². The lowest BCUT2D eigenvalue weighted by atomic mass is 9.94. The highest BCUT2D eigenvalue weighted by molar-refractivity contribution is 7.92. The molecule has 0 aliphatic carbocycles. The first-order valence-electron chi connectivity index (χ1n) is 8.25. The number of nitrogens with zero attached hydrogens (tertiary/aromatic N) is 3. The zero-order chi connectivity index (χ0) is 18.4. The predicted octanol–water partition coefficient (Wildman–Crippen LogP) is 0.731. The van der Waals surface area contributed by atoms with Gasteiger partial charge in [-0.15, -0.1) is 0 Å². The van der Waals surface area contributed by atoms with E-state index in [1.807, 2.05) is 0 Å². The third-order valence-corrected chi connectivity index (χ3v) is 7.06. The van der Waals surface area contributed by atoms with Gasteiger partial charge in [-0.05, 0) is 30.3 Å². The molecular formula is C17H18FN3O4S. The zero-order valence-electron chi connectivity index (χ0n) is 13.9. The number of likely N-dealkylation sites (tertiary alicyclic amines) is 1. The van der Waals surface area contributed by atoms with E-state index in [2.05, 4.69) is 5.10 Å². The molecule has 1 spiro atoms. The fraction of sp³-hybridized carbons (Fsp3) is 0.412. The van der Waals surface area contributed by atoms with Gasteiger partial charge >= 0.3 is 0 Å². The number of hydrogen-bond acceptors (Lipinski definition) is 5. The Morgan fingerprint density at radius 1 is 1.31 bits per heavy atom. The van der Waals surface area contributed by atoms with Crippen molar-refractivity contribution in [2.24, 2.45) is 0 Å². The van der Waals surface area contributed by atoms with Crippen molar-refractivity contribution < 1.29 is 22.3 Å². The second-order valence-electron chi connectivity index (χ2n) is 6.82. The topological polar surface area (TPSA) is 81.5 Å². The Hall–Kier alpha value is -2.26. The first-order chi connectivity index (χ1) is 12.4. The highest BCUT2D eigenvalue weighted by Crippen LogP contribution is 2.33. The Morgan fingerprint density at radius 3 is 2.65 bits per heavy atom. The number of ether oxygens (including phenoxy) is 1. The number of rotatable bonds is 3. The molecule has 4 rings (SSSR count). The second-order valence-corrected chi connectivity index (χ2v) is 9.10. The molecule has 9 heteroatoms. The number of sulfone groups is 1. The minimum Gasteiger partial charge on any atom is -0.369 e. The fourth-order valence-electron chi connectivity index (χ4n) is 3.43.